The van der Waals surface area contributed by atoms with E-state index in [1.165, 1.54) is 58.0 Å². The molecule has 2 atom stereocenters. The van der Waals surface area contributed by atoms with Crippen molar-refractivity contribution in [2.24, 2.45) is 5.92 Å². The van der Waals surface area contributed by atoms with Crippen LogP contribution in [0.15, 0.2) is 0 Å². The molecule has 1 aliphatic heterocycles. The van der Waals surface area contributed by atoms with Crippen molar-refractivity contribution in [2.45, 2.75) is 70.9 Å². The number of likely N-dealkylation sites (tertiary alicyclic amines) is 1. The Bertz CT molecular complexity index is 211. The third kappa shape index (κ3) is 3.69. The largest absolute Gasteiger partial charge is 0.314 e. The number of nitrogens with zero attached hydrogens (tertiary/aromatic N) is 1. The lowest BCUT2D eigenvalue weighted by Gasteiger charge is -2.41. The Balaban J connectivity index is 1.83. The van der Waals surface area contributed by atoms with Crippen LogP contribution < -0.4 is 5.32 Å². The van der Waals surface area contributed by atoms with Gasteiger partial charge in [-0.3, -0.25) is 0 Å². The molecule has 2 heteroatoms. The molecule has 2 nitrogen and oxygen atoms in total. The summed E-state index contributed by atoms with van der Waals surface area (Å²) in [5.41, 5.74) is 0. The van der Waals surface area contributed by atoms with Crippen molar-refractivity contribution in [1.29, 1.82) is 0 Å². The molecule has 1 heterocycles. The van der Waals surface area contributed by atoms with Gasteiger partial charge in [-0.15, -0.1) is 0 Å². The summed E-state index contributed by atoms with van der Waals surface area (Å²) < 4.78 is 0. The lowest BCUT2D eigenvalue weighted by atomic mass is 9.87. The minimum Gasteiger partial charge on any atom is -0.314 e. The molecule has 1 saturated carbocycles. The Kier molecular flexibility index (Phi) is 5.30. The fraction of sp³-hybridized carbons (Fsp3) is 1.00. The van der Waals surface area contributed by atoms with E-state index in [2.05, 4.69) is 24.1 Å². The Labute approximate surface area is 107 Å². The first-order chi connectivity index (χ1) is 8.31. The molecule has 100 valence electrons. The summed E-state index contributed by atoms with van der Waals surface area (Å²) in [5, 5.41) is 3.61. The highest BCUT2D eigenvalue weighted by Crippen LogP contribution is 2.28. The molecule has 0 aromatic carbocycles. The van der Waals surface area contributed by atoms with Gasteiger partial charge in [-0.25, -0.2) is 0 Å². The first-order valence-electron chi connectivity index (χ1n) is 7.78. The number of piperidine rings is 1. The number of hydrogen-bond acceptors (Lipinski definition) is 2. The zero-order valence-electron chi connectivity index (χ0n) is 11.8. The minimum atomic E-state index is 0.700. The molecule has 2 unspecified atom stereocenters. The third-order valence-electron chi connectivity index (χ3n) is 4.81. The molecule has 17 heavy (non-hydrogen) atoms. The van der Waals surface area contributed by atoms with Gasteiger partial charge < -0.3 is 10.2 Å². The fourth-order valence-electron chi connectivity index (χ4n) is 3.71. The van der Waals surface area contributed by atoms with Crippen molar-refractivity contribution in [3.05, 3.63) is 0 Å². The van der Waals surface area contributed by atoms with E-state index in [9.17, 15) is 0 Å². The van der Waals surface area contributed by atoms with E-state index in [0.29, 0.717) is 6.04 Å². The van der Waals surface area contributed by atoms with Gasteiger partial charge >= 0.3 is 0 Å². The molecule has 0 spiro atoms. The van der Waals surface area contributed by atoms with Crippen LogP contribution >= 0.6 is 0 Å². The zero-order valence-corrected chi connectivity index (χ0v) is 11.8. The highest BCUT2D eigenvalue weighted by molar-refractivity contribution is 4.85. The summed E-state index contributed by atoms with van der Waals surface area (Å²) in [7, 11) is 0. The van der Waals surface area contributed by atoms with Gasteiger partial charge in [0.25, 0.3) is 0 Å². The van der Waals surface area contributed by atoms with Crippen molar-refractivity contribution in [1.82, 2.24) is 10.2 Å². The minimum absolute atomic E-state index is 0.700. The van der Waals surface area contributed by atoms with Crippen LogP contribution in [0, 0.1) is 5.92 Å². The molecule has 0 bridgehead atoms. The maximum atomic E-state index is 3.61. The smallest absolute Gasteiger partial charge is 0.00953 e. The SMILES string of the molecule is CCNC(C)C1CCCN(C2CCCCC2)C1. The Hall–Kier alpha value is -0.0800. The van der Waals surface area contributed by atoms with E-state index < -0.39 is 0 Å². The molecule has 0 aromatic rings. The average molecular weight is 238 g/mol. The van der Waals surface area contributed by atoms with E-state index in [1.54, 1.807) is 0 Å². The van der Waals surface area contributed by atoms with Gasteiger partial charge in [-0.2, -0.15) is 0 Å². The normalized spacial score (nSPS) is 30.4. The number of nitrogens with one attached hydrogen (secondary N) is 1. The molecular weight excluding hydrogens is 208 g/mol. The summed E-state index contributed by atoms with van der Waals surface area (Å²) in [6, 6.07) is 1.62. The molecule has 2 fully saturated rings. The highest BCUT2D eigenvalue weighted by Gasteiger charge is 2.28. The van der Waals surface area contributed by atoms with Crippen LogP contribution in [0.3, 0.4) is 0 Å². The summed E-state index contributed by atoms with van der Waals surface area (Å²) >= 11 is 0. The van der Waals surface area contributed by atoms with Gasteiger partial charge in [0, 0.05) is 18.6 Å². The van der Waals surface area contributed by atoms with Crippen LogP contribution in [-0.4, -0.2) is 36.6 Å². The van der Waals surface area contributed by atoms with Crippen molar-refractivity contribution >= 4 is 0 Å². The molecule has 1 N–H and O–H groups in total. The predicted molar refractivity (Wildman–Crippen MR) is 74.3 cm³/mol. The average Bonchev–Trinajstić information content (AvgIpc) is 2.40. The fourth-order valence-corrected chi connectivity index (χ4v) is 3.71. The first-order valence-corrected chi connectivity index (χ1v) is 7.78. The summed E-state index contributed by atoms with van der Waals surface area (Å²) in [6.45, 7) is 8.41. The van der Waals surface area contributed by atoms with Crippen LogP contribution in [0.5, 0.6) is 0 Å². The van der Waals surface area contributed by atoms with Gasteiger partial charge in [-0.05, 0) is 51.6 Å². The van der Waals surface area contributed by atoms with E-state index in [-0.39, 0.29) is 0 Å². The van der Waals surface area contributed by atoms with Crippen LogP contribution in [-0.2, 0) is 0 Å². The van der Waals surface area contributed by atoms with Crippen molar-refractivity contribution < 1.29 is 0 Å². The maximum Gasteiger partial charge on any atom is 0.00953 e. The van der Waals surface area contributed by atoms with Gasteiger partial charge in [-0.1, -0.05) is 26.2 Å². The Morgan fingerprint density at radius 1 is 1.12 bits per heavy atom. The maximum absolute atomic E-state index is 3.61. The zero-order chi connectivity index (χ0) is 12.1. The van der Waals surface area contributed by atoms with Crippen LogP contribution in [0.2, 0.25) is 0 Å². The first kappa shape index (κ1) is 13.4. The summed E-state index contributed by atoms with van der Waals surface area (Å²) in [6.07, 6.45) is 10.2. The highest BCUT2D eigenvalue weighted by atomic mass is 15.2. The van der Waals surface area contributed by atoms with Crippen LogP contribution in [0.4, 0.5) is 0 Å². The second-order valence-corrected chi connectivity index (χ2v) is 6.04. The Morgan fingerprint density at radius 3 is 2.59 bits per heavy atom. The monoisotopic (exact) mass is 238 g/mol. The molecule has 0 aromatic heterocycles. The van der Waals surface area contributed by atoms with Crippen molar-refractivity contribution in [3.63, 3.8) is 0 Å². The molecule has 0 radical (unpaired) electrons. The lowest BCUT2D eigenvalue weighted by Crippen LogP contribution is -2.48. The van der Waals surface area contributed by atoms with E-state index >= 15 is 0 Å². The standard InChI is InChI=1S/C15H30N2/c1-3-16-13(2)14-8-7-11-17(12-14)15-9-5-4-6-10-15/h13-16H,3-12H2,1-2H3. The lowest BCUT2D eigenvalue weighted by molar-refractivity contribution is 0.0865. The molecular formula is C15H30N2. The predicted octanol–water partition coefficient (Wildman–Crippen LogP) is 3.03. The molecule has 1 saturated heterocycles. The quantitative estimate of drug-likeness (QED) is 0.810. The second-order valence-electron chi connectivity index (χ2n) is 6.04. The Morgan fingerprint density at radius 2 is 1.88 bits per heavy atom. The number of hydrogen-bond donors (Lipinski definition) is 1. The van der Waals surface area contributed by atoms with Crippen LogP contribution in [0.1, 0.15) is 58.8 Å². The second kappa shape index (κ2) is 6.75. The topological polar surface area (TPSA) is 15.3 Å². The molecule has 2 aliphatic rings. The number of rotatable bonds is 4. The van der Waals surface area contributed by atoms with E-state index in [0.717, 1.165) is 18.5 Å². The molecule has 1 aliphatic carbocycles. The summed E-state index contributed by atoms with van der Waals surface area (Å²) in [5.74, 6) is 0.880. The van der Waals surface area contributed by atoms with Crippen molar-refractivity contribution in [2.75, 3.05) is 19.6 Å². The van der Waals surface area contributed by atoms with Crippen LogP contribution in [0.25, 0.3) is 0 Å². The summed E-state index contributed by atoms with van der Waals surface area (Å²) in [4.78, 5) is 2.81. The van der Waals surface area contributed by atoms with Gasteiger partial charge in [0.1, 0.15) is 0 Å². The van der Waals surface area contributed by atoms with Gasteiger partial charge in [0.15, 0.2) is 0 Å². The van der Waals surface area contributed by atoms with E-state index in [1.807, 2.05) is 0 Å². The van der Waals surface area contributed by atoms with Gasteiger partial charge in [0.05, 0.1) is 0 Å². The third-order valence-corrected chi connectivity index (χ3v) is 4.81. The van der Waals surface area contributed by atoms with Crippen molar-refractivity contribution in [3.8, 4) is 0 Å². The molecule has 0 amide bonds. The molecule has 2 rings (SSSR count). The van der Waals surface area contributed by atoms with E-state index in [4.69, 9.17) is 0 Å². The van der Waals surface area contributed by atoms with Gasteiger partial charge in [0.2, 0.25) is 0 Å².